The summed E-state index contributed by atoms with van der Waals surface area (Å²) in [4.78, 5) is 8.93. The predicted octanol–water partition coefficient (Wildman–Crippen LogP) is 1.62. The molecule has 0 spiro atoms. The van der Waals surface area contributed by atoms with Crippen molar-refractivity contribution in [2.75, 3.05) is 11.9 Å². The van der Waals surface area contributed by atoms with E-state index >= 15 is 0 Å². The smallest absolute Gasteiger partial charge is 0.416 e. The van der Waals surface area contributed by atoms with Crippen molar-refractivity contribution < 1.29 is 34.7 Å². The van der Waals surface area contributed by atoms with Crippen LogP contribution in [0.3, 0.4) is 0 Å². The van der Waals surface area contributed by atoms with Crippen molar-refractivity contribution in [1.82, 2.24) is 15.1 Å². The molecule has 1 saturated heterocycles. The zero-order valence-corrected chi connectivity index (χ0v) is 20.9. The van der Waals surface area contributed by atoms with Gasteiger partial charge in [0.25, 0.3) is 0 Å². The number of hydrogen-bond acceptors (Lipinski definition) is 6. The van der Waals surface area contributed by atoms with Crippen LogP contribution in [0.5, 0.6) is 0 Å². The lowest BCUT2D eigenvalue weighted by molar-refractivity contribution is -0.545. The van der Waals surface area contributed by atoms with E-state index in [1.807, 2.05) is 28.8 Å². The Kier molecular flexibility index (Phi) is 7.69. The van der Waals surface area contributed by atoms with Crippen LogP contribution in [0.1, 0.15) is 24.3 Å². The van der Waals surface area contributed by atoms with Gasteiger partial charge in [-0.2, -0.15) is 18.2 Å². The van der Waals surface area contributed by atoms with Gasteiger partial charge < -0.3 is 22.2 Å². The van der Waals surface area contributed by atoms with Crippen LogP contribution in [0.15, 0.2) is 58.4 Å². The van der Waals surface area contributed by atoms with Crippen LogP contribution < -0.4 is 29.2 Å². The van der Waals surface area contributed by atoms with Gasteiger partial charge in [0.2, 0.25) is 11.7 Å². The van der Waals surface area contributed by atoms with E-state index in [-0.39, 0.29) is 18.4 Å². The number of rotatable bonds is 6. The fourth-order valence-electron chi connectivity index (χ4n) is 4.19. The maximum absolute atomic E-state index is 13.0. The summed E-state index contributed by atoms with van der Waals surface area (Å²) in [5.41, 5.74) is 13.3. The molecule has 0 aliphatic carbocycles. The molecule has 0 amide bonds. The fourth-order valence-corrected chi connectivity index (χ4v) is 4.93. The van der Waals surface area contributed by atoms with Gasteiger partial charge in [-0.05, 0) is 49.2 Å². The van der Waals surface area contributed by atoms with Crippen molar-refractivity contribution >= 4 is 28.1 Å². The van der Waals surface area contributed by atoms with E-state index < -0.39 is 11.7 Å². The summed E-state index contributed by atoms with van der Waals surface area (Å²) in [6.07, 6.45) is -1.86. The first-order chi connectivity index (χ1) is 17.3. The molecule has 1 aliphatic rings. The van der Waals surface area contributed by atoms with Crippen LogP contribution in [0.25, 0.3) is 22.6 Å². The van der Waals surface area contributed by atoms with Gasteiger partial charge in [-0.25, -0.2) is 4.98 Å². The maximum Gasteiger partial charge on any atom is 0.416 e. The number of anilines is 2. The Labute approximate surface area is 220 Å². The highest BCUT2D eigenvalue weighted by molar-refractivity contribution is 7.14. The van der Waals surface area contributed by atoms with Crippen LogP contribution in [-0.2, 0) is 12.6 Å². The van der Waals surface area contributed by atoms with E-state index in [4.69, 9.17) is 16.0 Å². The van der Waals surface area contributed by atoms with Crippen LogP contribution >= 0.6 is 11.3 Å². The minimum atomic E-state index is -4.40. The summed E-state index contributed by atoms with van der Waals surface area (Å²) in [6, 6.07) is 12.7. The van der Waals surface area contributed by atoms with Crippen molar-refractivity contribution in [3.8, 4) is 22.6 Å². The first-order valence-electron chi connectivity index (χ1n) is 11.2. The Morgan fingerprint density at radius 1 is 1.11 bits per heavy atom. The van der Waals surface area contributed by atoms with Crippen molar-refractivity contribution in [2.24, 2.45) is 11.5 Å². The summed E-state index contributed by atoms with van der Waals surface area (Å²) in [5.74, 6) is 1.31. The summed E-state index contributed by atoms with van der Waals surface area (Å²) >= 11 is 1.31. The molecule has 0 radical (unpaired) electrons. The SMILES string of the molecule is NC(N)=[N+]1CCC[C@H]1Cc1nc(-c2ccc(Nc3nc(-c4cccc(C(F)(F)F)c4)cs3)cc2)no1.[Cl-]. The van der Waals surface area contributed by atoms with E-state index in [1.54, 1.807) is 11.4 Å². The number of halogens is 4. The molecule has 0 saturated carbocycles. The first kappa shape index (κ1) is 26.4. The number of nitrogens with one attached hydrogen (secondary N) is 1. The number of nitrogens with two attached hydrogens (primary N) is 2. The Hall–Kier alpha value is -3.64. The maximum atomic E-state index is 13.0. The van der Waals surface area contributed by atoms with E-state index in [1.165, 1.54) is 17.4 Å². The predicted molar refractivity (Wildman–Crippen MR) is 131 cm³/mol. The largest absolute Gasteiger partial charge is 1.00 e. The summed E-state index contributed by atoms with van der Waals surface area (Å²) in [7, 11) is 0. The summed E-state index contributed by atoms with van der Waals surface area (Å²) in [5, 5.41) is 9.55. The quantitative estimate of drug-likeness (QED) is 0.247. The molecule has 8 nitrogen and oxygen atoms in total. The second-order valence-electron chi connectivity index (χ2n) is 8.45. The number of hydrogen-bond donors (Lipinski definition) is 3. The molecule has 2 aromatic carbocycles. The molecule has 37 heavy (non-hydrogen) atoms. The molecule has 3 heterocycles. The van der Waals surface area contributed by atoms with Crippen LogP contribution in [0, 0.1) is 0 Å². The summed E-state index contributed by atoms with van der Waals surface area (Å²) in [6.45, 7) is 0.822. The van der Waals surface area contributed by atoms with Crippen LogP contribution in [-0.4, -0.2) is 38.2 Å². The molecule has 1 fully saturated rings. The molecular weight excluding hydrogens is 527 g/mol. The van der Waals surface area contributed by atoms with Gasteiger partial charge in [-0.1, -0.05) is 17.3 Å². The lowest BCUT2D eigenvalue weighted by Gasteiger charge is -2.09. The highest BCUT2D eigenvalue weighted by Crippen LogP contribution is 2.33. The zero-order chi connectivity index (χ0) is 25.3. The monoisotopic (exact) mass is 549 g/mol. The minimum Gasteiger partial charge on any atom is -1.00 e. The molecule has 13 heteroatoms. The van der Waals surface area contributed by atoms with Gasteiger partial charge in [0.1, 0.15) is 0 Å². The minimum absolute atomic E-state index is 0. The third kappa shape index (κ3) is 6.03. The van der Waals surface area contributed by atoms with Crippen molar-refractivity contribution in [2.45, 2.75) is 31.5 Å². The Balaban J connectivity index is 0.00000320. The third-order valence-electron chi connectivity index (χ3n) is 5.97. The molecule has 5 rings (SSSR count). The molecule has 194 valence electrons. The van der Waals surface area contributed by atoms with Crippen LogP contribution in [0.4, 0.5) is 24.0 Å². The normalized spacial score (nSPS) is 15.4. The molecule has 1 aliphatic heterocycles. The lowest BCUT2D eigenvalue weighted by atomic mass is 10.1. The second-order valence-corrected chi connectivity index (χ2v) is 9.31. The van der Waals surface area contributed by atoms with E-state index in [9.17, 15) is 13.2 Å². The number of aromatic nitrogens is 3. The number of thiazole rings is 1. The van der Waals surface area contributed by atoms with E-state index in [0.717, 1.165) is 42.8 Å². The Morgan fingerprint density at radius 2 is 1.89 bits per heavy atom. The molecule has 5 N–H and O–H groups in total. The third-order valence-corrected chi connectivity index (χ3v) is 6.73. The Morgan fingerprint density at radius 3 is 2.62 bits per heavy atom. The topological polar surface area (TPSA) is 119 Å². The van der Waals surface area contributed by atoms with Crippen LogP contribution in [0.2, 0.25) is 0 Å². The lowest BCUT2D eigenvalue weighted by Crippen LogP contribution is -3.00. The molecular formula is C24H23ClF3N7OS. The van der Waals surface area contributed by atoms with Gasteiger partial charge in [-0.3, -0.25) is 16.0 Å². The number of guanidine groups is 1. The van der Waals surface area contributed by atoms with Gasteiger partial charge in [0.15, 0.2) is 5.13 Å². The molecule has 2 aromatic heterocycles. The molecule has 0 bridgehead atoms. The number of alkyl halides is 3. The average molecular weight is 550 g/mol. The van der Waals surface area contributed by atoms with Crippen molar-refractivity contribution in [3.05, 3.63) is 65.4 Å². The van der Waals surface area contributed by atoms with E-state index in [2.05, 4.69) is 20.4 Å². The summed E-state index contributed by atoms with van der Waals surface area (Å²) < 4.78 is 46.4. The van der Waals surface area contributed by atoms with Gasteiger partial charge in [-0.15, -0.1) is 11.3 Å². The van der Waals surface area contributed by atoms with Crippen molar-refractivity contribution in [1.29, 1.82) is 0 Å². The van der Waals surface area contributed by atoms with E-state index in [0.29, 0.717) is 40.5 Å². The Bertz CT molecular complexity index is 1400. The van der Waals surface area contributed by atoms with Gasteiger partial charge in [0.05, 0.1) is 30.3 Å². The zero-order valence-electron chi connectivity index (χ0n) is 19.4. The second kappa shape index (κ2) is 10.8. The van der Waals surface area contributed by atoms with Crippen molar-refractivity contribution in [3.63, 3.8) is 0 Å². The van der Waals surface area contributed by atoms with Gasteiger partial charge >= 0.3 is 12.1 Å². The highest BCUT2D eigenvalue weighted by atomic mass is 35.5. The molecule has 1 atom stereocenters. The average Bonchev–Trinajstić information content (AvgIpc) is 3.61. The fraction of sp³-hybridized carbons (Fsp3) is 0.250. The molecule has 4 aromatic rings. The first-order valence-corrected chi connectivity index (χ1v) is 12.1. The number of nitrogens with zero attached hydrogens (tertiary/aromatic N) is 4. The highest BCUT2D eigenvalue weighted by Gasteiger charge is 2.30. The standard InChI is InChI=1S/C24H22F3N7OS.ClH/c25-24(26,27)16-4-1-3-15(11-16)19-13-36-23(31-19)30-17-8-6-14(7-9-17)21-32-20(35-33-21)12-18-5-2-10-34(18)22(28)29;/h1,3-4,6-9,11,13,18H,2,5,10,12H2,(H4,28,29,30,31,33);1H/t18-;/m0./s1. The van der Waals surface area contributed by atoms with Gasteiger partial charge in [0, 0.05) is 22.2 Å². The number of benzene rings is 2. The molecule has 0 unspecified atom stereocenters.